The summed E-state index contributed by atoms with van der Waals surface area (Å²) in [7, 11) is 0. The smallest absolute Gasteiger partial charge is 0.298 e. The number of benzene rings is 4. The maximum Gasteiger partial charge on any atom is 0.298 e. The summed E-state index contributed by atoms with van der Waals surface area (Å²) in [5.74, 6) is -1.24. The van der Waals surface area contributed by atoms with Crippen molar-refractivity contribution in [2.24, 2.45) is 0 Å². The second-order valence-corrected chi connectivity index (χ2v) is 9.97. The van der Waals surface area contributed by atoms with Crippen LogP contribution in [0.5, 0.6) is 5.75 Å². The highest BCUT2D eigenvalue weighted by atomic mass is 16.5. The van der Waals surface area contributed by atoms with E-state index in [2.05, 4.69) is 0 Å². The highest BCUT2D eigenvalue weighted by Gasteiger charge is 2.47. The second-order valence-electron chi connectivity index (χ2n) is 9.97. The van der Waals surface area contributed by atoms with Crippen LogP contribution in [0.15, 0.2) is 115 Å². The highest BCUT2D eigenvalue weighted by Crippen LogP contribution is 2.58. The minimum absolute atomic E-state index is 0.401. The van der Waals surface area contributed by atoms with Crippen LogP contribution in [0.2, 0.25) is 0 Å². The van der Waals surface area contributed by atoms with E-state index >= 15 is 0 Å². The average molecular weight is 553 g/mol. The van der Waals surface area contributed by atoms with Crippen LogP contribution in [0.1, 0.15) is 22.3 Å². The largest absolute Gasteiger partial charge is 0.428 e. The Hall–Kier alpha value is -5.89. The molecule has 0 unspecified atom stereocenters. The van der Waals surface area contributed by atoms with Crippen LogP contribution in [0.25, 0.3) is 11.1 Å². The molecular formula is C34H20N2O6. The molecule has 4 aromatic carbocycles. The SMILES string of the molecule is O=COc1cccc2c1-c1ccccc1C2(c1ccc(N2C(=O)C=CC2=O)cc1)c1ccc(N2C(=O)C=CC2=O)cc1. The van der Waals surface area contributed by atoms with Gasteiger partial charge in [0.25, 0.3) is 30.1 Å². The summed E-state index contributed by atoms with van der Waals surface area (Å²) in [4.78, 5) is 63.1. The van der Waals surface area contributed by atoms with Crippen LogP contribution < -0.4 is 14.5 Å². The molecule has 0 radical (unpaired) electrons. The summed E-state index contributed by atoms with van der Waals surface area (Å²) < 4.78 is 5.43. The lowest BCUT2D eigenvalue weighted by Gasteiger charge is -2.34. The molecule has 2 aliphatic heterocycles. The van der Waals surface area contributed by atoms with Crippen molar-refractivity contribution in [3.05, 3.63) is 138 Å². The first kappa shape index (κ1) is 25.1. The zero-order valence-corrected chi connectivity index (χ0v) is 21.9. The fraction of sp³-hybridized carbons (Fsp3) is 0.0294. The Morgan fingerprint density at radius 1 is 0.548 bits per heavy atom. The molecule has 202 valence electrons. The molecule has 2 heterocycles. The number of ether oxygens (including phenoxy) is 1. The molecule has 7 rings (SSSR count). The third-order valence-electron chi connectivity index (χ3n) is 7.94. The minimum Gasteiger partial charge on any atom is -0.428 e. The fourth-order valence-electron chi connectivity index (χ4n) is 6.26. The maximum absolute atomic E-state index is 12.3. The van der Waals surface area contributed by atoms with Crippen LogP contribution >= 0.6 is 0 Å². The fourth-order valence-corrected chi connectivity index (χ4v) is 6.26. The first-order valence-electron chi connectivity index (χ1n) is 13.1. The van der Waals surface area contributed by atoms with Crippen molar-refractivity contribution in [1.82, 2.24) is 0 Å². The summed E-state index contributed by atoms with van der Waals surface area (Å²) >= 11 is 0. The van der Waals surface area contributed by atoms with Crippen LogP contribution in [-0.2, 0) is 29.4 Å². The van der Waals surface area contributed by atoms with Crippen molar-refractivity contribution in [2.45, 2.75) is 5.41 Å². The number of rotatable bonds is 6. The molecule has 4 amide bonds. The number of carbonyl (C=O) groups is 5. The van der Waals surface area contributed by atoms with E-state index in [0.29, 0.717) is 23.6 Å². The Kier molecular flexibility index (Phi) is 5.59. The zero-order valence-electron chi connectivity index (χ0n) is 21.9. The molecule has 1 aliphatic carbocycles. The first-order valence-corrected chi connectivity index (χ1v) is 13.1. The number of hydrogen-bond acceptors (Lipinski definition) is 6. The summed E-state index contributed by atoms with van der Waals surface area (Å²) in [6.45, 7) is 0.401. The van der Waals surface area contributed by atoms with Gasteiger partial charge in [-0.2, -0.15) is 0 Å². The normalized spacial score (nSPS) is 16.3. The standard InChI is InChI=1S/C34H20N2O6/c37-20-42-28-7-3-6-27-33(28)25-4-1-2-5-26(25)34(27,21-8-12-23(13-9-21)35-29(38)16-17-30(35)39)22-10-14-24(15-11-22)36-31(40)18-19-32(36)41/h1-20H. The zero-order chi connectivity index (χ0) is 29.0. The number of amides is 4. The highest BCUT2D eigenvalue weighted by molar-refractivity contribution is 6.28. The van der Waals surface area contributed by atoms with Crippen molar-refractivity contribution in [2.75, 3.05) is 9.80 Å². The first-order chi connectivity index (χ1) is 20.4. The van der Waals surface area contributed by atoms with Gasteiger partial charge >= 0.3 is 0 Å². The number of imide groups is 2. The van der Waals surface area contributed by atoms with Crippen LogP contribution in [-0.4, -0.2) is 30.1 Å². The third-order valence-corrected chi connectivity index (χ3v) is 7.94. The Balaban J connectivity index is 1.46. The number of nitrogens with zero attached hydrogens (tertiary/aromatic N) is 2. The molecule has 0 fully saturated rings. The third kappa shape index (κ3) is 3.45. The van der Waals surface area contributed by atoms with Gasteiger partial charge in [-0.05, 0) is 58.1 Å². The molecule has 42 heavy (non-hydrogen) atoms. The van der Waals surface area contributed by atoms with Gasteiger partial charge in [-0.25, -0.2) is 9.80 Å². The van der Waals surface area contributed by atoms with Gasteiger partial charge in [0.15, 0.2) is 0 Å². The van der Waals surface area contributed by atoms with Gasteiger partial charge in [0.1, 0.15) is 5.75 Å². The number of anilines is 2. The van der Waals surface area contributed by atoms with Gasteiger partial charge in [0.05, 0.1) is 16.8 Å². The quantitative estimate of drug-likeness (QED) is 0.228. The number of hydrogen-bond donors (Lipinski definition) is 0. The number of fused-ring (bicyclic) bond motifs is 3. The lowest BCUT2D eigenvalue weighted by atomic mass is 9.67. The van der Waals surface area contributed by atoms with Crippen LogP contribution in [0, 0.1) is 0 Å². The molecule has 4 aromatic rings. The lowest BCUT2D eigenvalue weighted by Crippen LogP contribution is -2.31. The molecule has 0 N–H and O–H groups in total. The van der Waals surface area contributed by atoms with Gasteiger partial charge in [-0.3, -0.25) is 24.0 Å². The summed E-state index contributed by atoms with van der Waals surface area (Å²) in [6, 6.07) is 27.8. The molecule has 0 atom stereocenters. The van der Waals surface area contributed by atoms with Crippen LogP contribution in [0.3, 0.4) is 0 Å². The minimum atomic E-state index is -0.917. The molecule has 0 saturated carbocycles. The summed E-state index contributed by atoms with van der Waals surface area (Å²) in [5.41, 5.74) is 5.03. The molecule has 0 spiro atoms. The molecule has 3 aliphatic rings. The summed E-state index contributed by atoms with van der Waals surface area (Å²) in [5, 5.41) is 0. The Labute approximate surface area is 239 Å². The van der Waals surface area contributed by atoms with Crippen molar-refractivity contribution >= 4 is 41.5 Å². The van der Waals surface area contributed by atoms with Gasteiger partial charge in [-0.15, -0.1) is 0 Å². The van der Waals surface area contributed by atoms with E-state index in [9.17, 15) is 24.0 Å². The Morgan fingerprint density at radius 3 is 1.52 bits per heavy atom. The van der Waals surface area contributed by atoms with E-state index in [1.807, 2.05) is 60.7 Å². The maximum atomic E-state index is 12.3. The molecule has 0 bridgehead atoms. The topological polar surface area (TPSA) is 101 Å². The van der Waals surface area contributed by atoms with Crippen molar-refractivity contribution < 1.29 is 28.7 Å². The predicted octanol–water partition coefficient (Wildman–Crippen LogP) is 4.44. The lowest BCUT2D eigenvalue weighted by molar-refractivity contribution is -0.121. The molecule has 8 nitrogen and oxygen atoms in total. The average Bonchev–Trinajstić information content (AvgIpc) is 3.64. The molecule has 0 aromatic heterocycles. The van der Waals surface area contributed by atoms with E-state index in [-0.39, 0.29) is 0 Å². The predicted molar refractivity (Wildman–Crippen MR) is 154 cm³/mol. The van der Waals surface area contributed by atoms with Gasteiger partial charge in [0.2, 0.25) is 0 Å². The Morgan fingerprint density at radius 2 is 1.02 bits per heavy atom. The van der Waals surface area contributed by atoms with E-state index in [1.54, 1.807) is 30.3 Å². The molecule has 0 saturated heterocycles. The van der Waals surface area contributed by atoms with E-state index < -0.39 is 29.0 Å². The molecule has 8 heteroatoms. The van der Waals surface area contributed by atoms with Crippen molar-refractivity contribution in [3.63, 3.8) is 0 Å². The Bertz CT molecular complexity index is 1780. The van der Waals surface area contributed by atoms with Crippen LogP contribution in [0.4, 0.5) is 11.4 Å². The van der Waals surface area contributed by atoms with Crippen molar-refractivity contribution in [1.29, 1.82) is 0 Å². The van der Waals surface area contributed by atoms with Crippen molar-refractivity contribution in [3.8, 4) is 16.9 Å². The molecular weight excluding hydrogens is 532 g/mol. The van der Waals surface area contributed by atoms with Gasteiger partial charge in [0, 0.05) is 29.9 Å². The van der Waals surface area contributed by atoms with E-state index in [1.165, 1.54) is 24.3 Å². The van der Waals surface area contributed by atoms with Gasteiger partial charge < -0.3 is 4.74 Å². The number of carbonyl (C=O) groups excluding carboxylic acids is 5. The second kappa shape index (κ2) is 9.35. The summed E-state index contributed by atoms with van der Waals surface area (Å²) in [6.07, 6.45) is 4.96. The monoisotopic (exact) mass is 552 g/mol. The van der Waals surface area contributed by atoms with Gasteiger partial charge in [-0.1, -0.05) is 60.7 Å². The van der Waals surface area contributed by atoms with E-state index in [4.69, 9.17) is 4.74 Å². The van der Waals surface area contributed by atoms with E-state index in [0.717, 1.165) is 43.2 Å².